The normalized spacial score (nSPS) is 11.7. The number of nitrogens with zero attached hydrogens (tertiary/aromatic N) is 2. The lowest BCUT2D eigenvalue weighted by molar-refractivity contribution is 0.102. The number of phenolic OH excluding ortho intramolecular Hbond substituents is 1. The minimum absolute atomic E-state index is 0.0618. The van der Waals surface area contributed by atoms with E-state index < -0.39 is 26.7 Å². The third kappa shape index (κ3) is 5.56. The standard InChI is InChI=1S/C26H22ClN3O6S/c1-3-15-11-17(27)13-22(25(15)37(33,34)35)29-30-23-20-10-5-4-7-16(20)12-21(24(23)31)26(32)28-18-8-6-9-19(14-18)36-2/h4-14,31H,3H2,1-2H3,(H,28,32)(H,33,34,35). The Morgan fingerprint density at radius 2 is 1.81 bits per heavy atom. The number of azo groups is 1. The molecule has 11 heteroatoms. The zero-order chi connectivity index (χ0) is 26.7. The number of hydrogen-bond donors (Lipinski definition) is 3. The maximum atomic E-state index is 13.1. The summed E-state index contributed by atoms with van der Waals surface area (Å²) in [6.45, 7) is 1.70. The smallest absolute Gasteiger partial charge is 0.297 e. The quantitative estimate of drug-likeness (QED) is 0.177. The molecule has 0 aliphatic rings. The van der Waals surface area contributed by atoms with Crippen LogP contribution >= 0.6 is 11.6 Å². The van der Waals surface area contributed by atoms with Crippen LogP contribution in [0.4, 0.5) is 17.1 Å². The number of benzene rings is 4. The topological polar surface area (TPSA) is 138 Å². The van der Waals surface area contributed by atoms with E-state index >= 15 is 0 Å². The molecule has 0 saturated carbocycles. The van der Waals surface area contributed by atoms with E-state index in [0.29, 0.717) is 22.2 Å². The third-order valence-corrected chi connectivity index (χ3v) is 6.78. The number of anilines is 1. The second kappa shape index (κ2) is 10.6. The van der Waals surface area contributed by atoms with Crippen LogP contribution < -0.4 is 10.1 Å². The first-order valence-electron chi connectivity index (χ1n) is 11.0. The largest absolute Gasteiger partial charge is 0.505 e. The van der Waals surface area contributed by atoms with E-state index in [0.717, 1.165) is 0 Å². The number of nitrogens with one attached hydrogen (secondary N) is 1. The van der Waals surface area contributed by atoms with Crippen molar-refractivity contribution in [2.24, 2.45) is 10.2 Å². The van der Waals surface area contributed by atoms with Gasteiger partial charge in [0.1, 0.15) is 22.0 Å². The van der Waals surface area contributed by atoms with Crippen LogP contribution in [0.2, 0.25) is 5.02 Å². The highest BCUT2D eigenvalue weighted by molar-refractivity contribution is 7.86. The average Bonchev–Trinajstić information content (AvgIpc) is 2.86. The molecule has 4 aromatic carbocycles. The van der Waals surface area contributed by atoms with Crippen molar-refractivity contribution in [3.63, 3.8) is 0 Å². The van der Waals surface area contributed by atoms with Gasteiger partial charge in [-0.3, -0.25) is 9.35 Å². The Morgan fingerprint density at radius 3 is 2.51 bits per heavy atom. The van der Waals surface area contributed by atoms with E-state index in [4.69, 9.17) is 16.3 Å². The molecule has 0 atom stereocenters. The summed E-state index contributed by atoms with van der Waals surface area (Å²) in [6, 6.07) is 17.8. The highest BCUT2D eigenvalue weighted by Crippen LogP contribution is 2.41. The lowest BCUT2D eigenvalue weighted by atomic mass is 10.0. The number of aromatic hydroxyl groups is 1. The van der Waals surface area contributed by atoms with Gasteiger partial charge in [-0.2, -0.15) is 8.42 Å². The molecule has 0 fully saturated rings. The molecule has 9 nitrogen and oxygen atoms in total. The minimum atomic E-state index is -4.66. The van der Waals surface area contributed by atoms with Crippen LogP contribution in [-0.4, -0.2) is 31.1 Å². The second-order valence-corrected chi connectivity index (χ2v) is 9.77. The summed E-state index contributed by atoms with van der Waals surface area (Å²) < 4.78 is 39.2. The first-order valence-corrected chi connectivity index (χ1v) is 12.9. The molecule has 0 aliphatic heterocycles. The fourth-order valence-electron chi connectivity index (χ4n) is 3.86. The first-order chi connectivity index (χ1) is 17.6. The molecule has 0 aliphatic carbocycles. The number of methoxy groups -OCH3 is 1. The molecule has 4 aromatic rings. The van der Waals surface area contributed by atoms with Gasteiger partial charge in [0.2, 0.25) is 0 Å². The van der Waals surface area contributed by atoms with Crippen molar-refractivity contribution in [1.29, 1.82) is 0 Å². The number of aryl methyl sites for hydroxylation is 1. The van der Waals surface area contributed by atoms with Crippen molar-refractivity contribution in [1.82, 2.24) is 0 Å². The van der Waals surface area contributed by atoms with E-state index in [9.17, 15) is 22.9 Å². The number of fused-ring (bicyclic) bond motifs is 1. The maximum Gasteiger partial charge on any atom is 0.297 e. The average molecular weight is 540 g/mol. The van der Waals surface area contributed by atoms with Gasteiger partial charge in [0.25, 0.3) is 16.0 Å². The number of ether oxygens (including phenoxy) is 1. The SMILES string of the molecule is CCc1cc(Cl)cc(N=Nc2c(O)c(C(=O)Nc3cccc(OC)c3)cc3ccccc23)c1S(=O)(=O)O. The van der Waals surface area contributed by atoms with Gasteiger partial charge in [-0.15, -0.1) is 10.2 Å². The van der Waals surface area contributed by atoms with Crippen LogP contribution in [0.5, 0.6) is 11.5 Å². The van der Waals surface area contributed by atoms with Gasteiger partial charge in [-0.05, 0) is 47.7 Å². The van der Waals surface area contributed by atoms with Crippen LogP contribution in [0.15, 0.2) is 81.9 Å². The van der Waals surface area contributed by atoms with Crippen LogP contribution in [-0.2, 0) is 16.5 Å². The van der Waals surface area contributed by atoms with Gasteiger partial charge in [0.15, 0.2) is 5.75 Å². The molecule has 190 valence electrons. The number of rotatable bonds is 7. The Bertz CT molecular complexity index is 1650. The maximum absolute atomic E-state index is 13.1. The summed E-state index contributed by atoms with van der Waals surface area (Å²) in [7, 11) is -3.16. The summed E-state index contributed by atoms with van der Waals surface area (Å²) in [5.41, 5.74) is 0.355. The Kier molecular flexibility index (Phi) is 7.44. The Balaban J connectivity index is 1.85. The van der Waals surface area contributed by atoms with Gasteiger partial charge in [-0.25, -0.2) is 0 Å². The molecular formula is C26H22ClN3O6S. The third-order valence-electron chi connectivity index (χ3n) is 5.58. The number of carbonyl (C=O) groups excluding carboxylic acids is 1. The van der Waals surface area contributed by atoms with Crippen LogP contribution in [0.25, 0.3) is 10.8 Å². The fraction of sp³-hybridized carbons (Fsp3) is 0.115. The van der Waals surface area contributed by atoms with Crippen molar-refractivity contribution in [2.75, 3.05) is 12.4 Å². The molecule has 37 heavy (non-hydrogen) atoms. The van der Waals surface area contributed by atoms with Crippen molar-refractivity contribution >= 4 is 55.5 Å². The summed E-state index contributed by atoms with van der Waals surface area (Å²) in [6.07, 6.45) is 0.256. The van der Waals surface area contributed by atoms with Crippen LogP contribution in [0.1, 0.15) is 22.8 Å². The van der Waals surface area contributed by atoms with E-state index in [1.54, 1.807) is 55.5 Å². The summed E-state index contributed by atoms with van der Waals surface area (Å²) in [5.74, 6) is -0.533. The Morgan fingerprint density at radius 1 is 1.05 bits per heavy atom. The zero-order valence-corrected chi connectivity index (χ0v) is 21.3. The molecule has 4 rings (SSSR count). The predicted octanol–water partition coefficient (Wildman–Crippen LogP) is 6.68. The highest BCUT2D eigenvalue weighted by Gasteiger charge is 2.22. The molecular weight excluding hydrogens is 518 g/mol. The summed E-state index contributed by atoms with van der Waals surface area (Å²) >= 11 is 6.13. The molecule has 0 spiro atoms. The number of carbonyl (C=O) groups is 1. The van der Waals surface area contributed by atoms with Crippen LogP contribution in [0.3, 0.4) is 0 Å². The highest BCUT2D eigenvalue weighted by atomic mass is 35.5. The Hall–Kier alpha value is -3.99. The molecule has 0 saturated heterocycles. The van der Waals surface area contributed by atoms with Gasteiger partial charge >= 0.3 is 0 Å². The van der Waals surface area contributed by atoms with E-state index in [1.165, 1.54) is 25.3 Å². The summed E-state index contributed by atoms with van der Waals surface area (Å²) in [4.78, 5) is 12.7. The Labute approximate surface area is 218 Å². The molecule has 0 unspecified atom stereocenters. The lowest BCUT2D eigenvalue weighted by Crippen LogP contribution is -2.12. The molecule has 0 radical (unpaired) electrons. The van der Waals surface area contributed by atoms with Crippen LogP contribution in [0, 0.1) is 0 Å². The monoisotopic (exact) mass is 539 g/mol. The molecule has 0 bridgehead atoms. The molecule has 0 aromatic heterocycles. The van der Waals surface area contributed by atoms with Crippen molar-refractivity contribution in [3.8, 4) is 11.5 Å². The minimum Gasteiger partial charge on any atom is -0.505 e. The number of halogens is 1. The molecule has 1 amide bonds. The second-order valence-electron chi connectivity index (χ2n) is 7.97. The van der Waals surface area contributed by atoms with E-state index in [-0.39, 0.29) is 33.9 Å². The van der Waals surface area contributed by atoms with Gasteiger partial charge in [0, 0.05) is 22.2 Å². The number of hydrogen-bond acceptors (Lipinski definition) is 7. The van der Waals surface area contributed by atoms with Crippen molar-refractivity contribution in [2.45, 2.75) is 18.2 Å². The predicted molar refractivity (Wildman–Crippen MR) is 141 cm³/mol. The van der Waals surface area contributed by atoms with Gasteiger partial charge in [-0.1, -0.05) is 48.9 Å². The lowest BCUT2D eigenvalue weighted by Gasteiger charge is -2.12. The van der Waals surface area contributed by atoms with Gasteiger partial charge < -0.3 is 15.2 Å². The van der Waals surface area contributed by atoms with Gasteiger partial charge in [0.05, 0.1) is 12.7 Å². The zero-order valence-electron chi connectivity index (χ0n) is 19.8. The fourth-order valence-corrected chi connectivity index (χ4v) is 5.00. The van der Waals surface area contributed by atoms with E-state index in [1.807, 2.05) is 0 Å². The first kappa shape index (κ1) is 26.1. The molecule has 3 N–H and O–H groups in total. The summed E-state index contributed by atoms with van der Waals surface area (Å²) in [5, 5.41) is 23.2. The van der Waals surface area contributed by atoms with Crippen molar-refractivity contribution < 1.29 is 27.6 Å². The van der Waals surface area contributed by atoms with E-state index in [2.05, 4.69) is 15.5 Å². The number of phenols is 1. The van der Waals surface area contributed by atoms with Crippen molar-refractivity contribution in [3.05, 3.63) is 82.9 Å². The number of amides is 1. The molecule has 0 heterocycles.